The average Bonchev–Trinajstić information content (AvgIpc) is 3.84. The number of nitrogens with one attached hydrogen (secondary N) is 1. The molecule has 0 aliphatic carbocycles. The molecule has 244 valence electrons. The van der Waals surface area contributed by atoms with Crippen LogP contribution in [0.5, 0.6) is 6.01 Å². The molecule has 2 N–H and O–H groups in total. The molecule has 0 unspecified atom stereocenters. The molecule has 15 heteroatoms. The van der Waals surface area contributed by atoms with Crippen LogP contribution in [-0.2, 0) is 13.0 Å². The highest BCUT2D eigenvalue weighted by Crippen LogP contribution is 2.42. The van der Waals surface area contributed by atoms with Crippen LogP contribution in [0.4, 0.5) is 14.6 Å². The van der Waals surface area contributed by atoms with Crippen LogP contribution in [0.1, 0.15) is 49.3 Å². The summed E-state index contributed by atoms with van der Waals surface area (Å²) in [7, 11) is 0. The third-order valence-corrected chi connectivity index (χ3v) is 10.7. The van der Waals surface area contributed by atoms with E-state index < -0.39 is 23.6 Å². The van der Waals surface area contributed by atoms with E-state index in [0.29, 0.717) is 78.0 Å². The van der Waals surface area contributed by atoms with Crippen LogP contribution in [0.15, 0.2) is 24.7 Å². The number of hydrogen-bond acceptors (Lipinski definition) is 10. The van der Waals surface area contributed by atoms with E-state index in [-0.39, 0.29) is 36.3 Å². The van der Waals surface area contributed by atoms with E-state index in [2.05, 4.69) is 30.2 Å². The summed E-state index contributed by atoms with van der Waals surface area (Å²) in [6.45, 7) is 2.67. The molecule has 0 amide bonds. The van der Waals surface area contributed by atoms with Gasteiger partial charge in [0.2, 0.25) is 0 Å². The highest BCUT2D eigenvalue weighted by atomic mass is 35.5. The van der Waals surface area contributed by atoms with E-state index >= 15 is 4.39 Å². The first-order valence-electron chi connectivity index (χ1n) is 16.2. The fourth-order valence-electron chi connectivity index (χ4n) is 8.23. The van der Waals surface area contributed by atoms with E-state index in [1.54, 1.807) is 29.5 Å². The Morgan fingerprint density at radius 2 is 2.02 bits per heavy atom. The Kier molecular flexibility index (Phi) is 6.84. The number of alkyl halides is 1. The second kappa shape index (κ2) is 11.0. The number of rotatable bonds is 3. The second-order valence-electron chi connectivity index (χ2n) is 13.4. The van der Waals surface area contributed by atoms with Gasteiger partial charge in [0, 0.05) is 54.1 Å². The van der Waals surface area contributed by atoms with Gasteiger partial charge in [0.25, 0.3) is 0 Å². The number of aliphatic hydroxyl groups is 1. The Hall–Kier alpha value is -4.01. The van der Waals surface area contributed by atoms with Crippen molar-refractivity contribution in [1.29, 1.82) is 0 Å². The summed E-state index contributed by atoms with van der Waals surface area (Å²) in [6, 6.07) is 1.79. The molecule has 5 aromatic rings. The largest absolute Gasteiger partial charge is 0.461 e. The molecule has 5 aliphatic heterocycles. The van der Waals surface area contributed by atoms with Crippen molar-refractivity contribution in [1.82, 2.24) is 45.0 Å². The number of aliphatic hydroxyl groups excluding tert-OH is 1. The molecule has 1 aromatic carbocycles. The summed E-state index contributed by atoms with van der Waals surface area (Å²) < 4.78 is 37.9. The lowest BCUT2D eigenvalue weighted by molar-refractivity contribution is 0.107. The monoisotopic (exact) mass is 662 g/mol. The van der Waals surface area contributed by atoms with Gasteiger partial charge >= 0.3 is 6.01 Å². The number of piperidine rings is 1. The van der Waals surface area contributed by atoms with Gasteiger partial charge in [-0.1, -0.05) is 11.6 Å². The zero-order valence-electron chi connectivity index (χ0n) is 25.5. The number of ether oxygens (including phenoxy) is 1. The summed E-state index contributed by atoms with van der Waals surface area (Å²) in [6.07, 6.45) is 7.21. The van der Waals surface area contributed by atoms with Gasteiger partial charge in [-0.05, 0) is 50.3 Å². The Balaban J connectivity index is 1.23. The number of aromatic nitrogens is 8. The number of fused-ring (bicyclic) bond motifs is 5. The first-order chi connectivity index (χ1) is 22.8. The predicted molar refractivity (Wildman–Crippen MR) is 170 cm³/mol. The van der Waals surface area contributed by atoms with Gasteiger partial charge in [0.05, 0.1) is 47.2 Å². The first-order valence-corrected chi connectivity index (χ1v) is 16.6. The first kappa shape index (κ1) is 29.2. The molecule has 3 saturated heterocycles. The topological polar surface area (TPSA) is 134 Å². The van der Waals surface area contributed by atoms with Crippen molar-refractivity contribution in [2.75, 3.05) is 37.7 Å². The minimum atomic E-state index is -0.915. The number of H-pyrrole nitrogens is 1. The molecule has 4 aromatic heterocycles. The van der Waals surface area contributed by atoms with Crippen molar-refractivity contribution >= 4 is 39.2 Å². The fraction of sp³-hybridized carbons (Fsp3) is 0.500. The van der Waals surface area contributed by atoms with Gasteiger partial charge in [-0.15, -0.1) is 0 Å². The van der Waals surface area contributed by atoms with Gasteiger partial charge in [-0.25, -0.2) is 8.78 Å². The molecule has 3 fully saturated rings. The molecule has 9 heterocycles. The lowest BCUT2D eigenvalue weighted by Gasteiger charge is -2.36. The molecular weight excluding hydrogens is 630 g/mol. The third-order valence-electron chi connectivity index (χ3n) is 10.4. The number of aryl methyl sites for hydroxylation is 1. The molecule has 0 saturated carbocycles. The number of hydrogen-bond donors (Lipinski definition) is 2. The number of halogens is 3. The van der Waals surface area contributed by atoms with E-state index in [9.17, 15) is 9.50 Å². The molecule has 5 aliphatic rings. The van der Waals surface area contributed by atoms with Gasteiger partial charge in [0.15, 0.2) is 5.82 Å². The smallest absolute Gasteiger partial charge is 0.319 e. The Morgan fingerprint density at radius 3 is 2.94 bits per heavy atom. The molecule has 8 bridgehead atoms. The normalized spacial score (nSPS) is 26.0. The third kappa shape index (κ3) is 4.82. The lowest BCUT2D eigenvalue weighted by Crippen LogP contribution is -2.44. The van der Waals surface area contributed by atoms with E-state index in [0.717, 1.165) is 30.6 Å². The van der Waals surface area contributed by atoms with Crippen molar-refractivity contribution in [3.05, 3.63) is 46.8 Å². The van der Waals surface area contributed by atoms with Gasteiger partial charge in [-0.3, -0.25) is 15.0 Å². The predicted octanol–water partition coefficient (Wildman–Crippen LogP) is 4.21. The summed E-state index contributed by atoms with van der Waals surface area (Å²) in [4.78, 5) is 19.9. The number of nitrogens with zero attached hydrogens (tertiary/aromatic N) is 9. The standard InChI is InChI=1S/C32H33ClF2N10O2/c33-23-8-24-21(11-37-41-24)26-20(23)3-1-6-45-38-12-25(42-45)17-7-19(46)15-43(13-17)30-22-10-36-29(26)27(35)28(22)39-31(40-30)47-16-32-4-2-5-44(32)14-18(34)9-32/h8,10-12,17-19,46H,1-7,9,13-16H2,(H,37,41)/t17-,18-,19-,32+/m1/s1. The van der Waals surface area contributed by atoms with E-state index in [1.807, 2.05) is 4.90 Å². The molecule has 12 nitrogen and oxygen atoms in total. The molecule has 4 atom stereocenters. The lowest BCUT2D eigenvalue weighted by atomic mass is 9.93. The van der Waals surface area contributed by atoms with Crippen LogP contribution in [0, 0.1) is 5.82 Å². The molecular formula is C32H33ClF2N10O2. The van der Waals surface area contributed by atoms with Gasteiger partial charge in [0.1, 0.15) is 29.8 Å². The Morgan fingerprint density at radius 1 is 1.11 bits per heavy atom. The SMILES string of the molecule is O[C@@H]1C[C@@H]2CN(C1)c1nc(OC[C@@]34CCCN3C[C@H](F)C4)nc3c(F)c(ncc13)-c1c(c(Cl)cc3[nH]ncc13)CCCn1ncc2n1. The van der Waals surface area contributed by atoms with Crippen LogP contribution in [0.25, 0.3) is 33.1 Å². The number of anilines is 1. The Bertz CT molecular complexity index is 2020. The molecule has 0 radical (unpaired) electrons. The maximum atomic E-state index is 17.1. The van der Waals surface area contributed by atoms with E-state index in [1.165, 1.54) is 0 Å². The average molecular weight is 663 g/mol. The number of aromatic amines is 1. The van der Waals surface area contributed by atoms with Crippen molar-refractivity contribution in [2.24, 2.45) is 0 Å². The van der Waals surface area contributed by atoms with Crippen LogP contribution in [0.3, 0.4) is 0 Å². The maximum Gasteiger partial charge on any atom is 0.319 e. The van der Waals surface area contributed by atoms with Crippen molar-refractivity contribution < 1.29 is 18.6 Å². The molecule has 0 spiro atoms. The second-order valence-corrected chi connectivity index (χ2v) is 13.8. The van der Waals surface area contributed by atoms with Crippen molar-refractivity contribution in [2.45, 2.75) is 68.8 Å². The van der Waals surface area contributed by atoms with E-state index in [4.69, 9.17) is 26.4 Å². The summed E-state index contributed by atoms with van der Waals surface area (Å²) in [5, 5.41) is 29.0. The fourth-order valence-corrected chi connectivity index (χ4v) is 8.53. The van der Waals surface area contributed by atoms with Gasteiger partial charge in [-0.2, -0.15) is 30.1 Å². The van der Waals surface area contributed by atoms with Crippen molar-refractivity contribution in [3.63, 3.8) is 0 Å². The number of benzene rings is 1. The van der Waals surface area contributed by atoms with Crippen LogP contribution in [0.2, 0.25) is 5.02 Å². The summed E-state index contributed by atoms with van der Waals surface area (Å²) >= 11 is 6.85. The highest BCUT2D eigenvalue weighted by Gasteiger charge is 2.49. The van der Waals surface area contributed by atoms with Crippen molar-refractivity contribution in [3.8, 4) is 17.3 Å². The Labute approximate surface area is 273 Å². The zero-order chi connectivity index (χ0) is 31.9. The summed E-state index contributed by atoms with van der Waals surface area (Å²) in [5.41, 5.74) is 2.41. The number of pyridine rings is 1. The maximum absolute atomic E-state index is 17.1. The zero-order valence-corrected chi connectivity index (χ0v) is 26.3. The minimum absolute atomic E-state index is 0.00414. The van der Waals surface area contributed by atoms with Crippen LogP contribution >= 0.6 is 11.6 Å². The van der Waals surface area contributed by atoms with Crippen LogP contribution in [-0.4, -0.2) is 101 Å². The van der Waals surface area contributed by atoms with Gasteiger partial charge < -0.3 is 14.7 Å². The molecule has 47 heavy (non-hydrogen) atoms. The molecule has 10 rings (SSSR count). The quantitative estimate of drug-likeness (QED) is 0.289. The minimum Gasteiger partial charge on any atom is -0.461 e. The highest BCUT2D eigenvalue weighted by molar-refractivity contribution is 6.33. The van der Waals surface area contributed by atoms with Crippen LogP contribution < -0.4 is 9.64 Å². The summed E-state index contributed by atoms with van der Waals surface area (Å²) in [5.74, 6) is -0.367.